The number of amides is 2. The molecule has 2 bridgehead atoms. The van der Waals surface area contributed by atoms with E-state index in [-0.39, 0.29) is 51.4 Å². The summed E-state index contributed by atoms with van der Waals surface area (Å²) in [6.45, 7) is 7.62. The summed E-state index contributed by atoms with van der Waals surface area (Å²) in [6.07, 6.45) is 1.16. The predicted octanol–water partition coefficient (Wildman–Crippen LogP) is 5.09. The third-order valence-corrected chi connectivity index (χ3v) is 10.2. The van der Waals surface area contributed by atoms with Crippen LogP contribution in [0.4, 0.5) is 15.0 Å². The number of fused-ring (bicyclic) bond motifs is 4. The Hall–Kier alpha value is -2.70. The molecule has 1 aliphatic carbocycles. The molecule has 13 heteroatoms. The van der Waals surface area contributed by atoms with Crippen molar-refractivity contribution in [1.29, 1.82) is 0 Å². The van der Waals surface area contributed by atoms with Gasteiger partial charge in [0.2, 0.25) is 5.91 Å². The van der Waals surface area contributed by atoms with E-state index >= 15 is 4.39 Å². The molecule has 5 heterocycles. The fourth-order valence-corrected chi connectivity index (χ4v) is 7.04. The number of likely N-dealkylation sites (N-methyl/N-ethyl adjacent to an activating group) is 1. The lowest BCUT2D eigenvalue weighted by atomic mass is 9.79. The lowest BCUT2D eigenvalue weighted by Gasteiger charge is -2.43. The van der Waals surface area contributed by atoms with Gasteiger partial charge in [-0.05, 0) is 63.3 Å². The summed E-state index contributed by atoms with van der Waals surface area (Å²) in [5.41, 5.74) is 0.989. The molecule has 3 aromatic rings. The number of anilines is 1. The Morgan fingerprint density at radius 3 is 2.47 bits per heavy atom. The fourth-order valence-electron chi connectivity index (χ4n) is 6.54. The Bertz CT molecular complexity index is 1630. The zero-order valence-corrected chi connectivity index (χ0v) is 28.0. The largest absolute Gasteiger partial charge is 0.444 e. The molecule has 0 N–H and O–H groups in total. The molecule has 3 saturated heterocycles. The number of aryl methyl sites for hydroxylation is 1. The Balaban J connectivity index is 1.54. The van der Waals surface area contributed by atoms with E-state index in [0.29, 0.717) is 35.7 Å². The summed E-state index contributed by atoms with van der Waals surface area (Å²) in [5, 5.41) is 0.795. The van der Waals surface area contributed by atoms with E-state index in [0.717, 1.165) is 30.9 Å². The van der Waals surface area contributed by atoms with E-state index in [1.165, 1.54) is 0 Å². The Labute approximate surface area is 264 Å². The quantitative estimate of drug-likeness (QED) is 0.336. The first-order valence-electron chi connectivity index (χ1n) is 14.7. The number of carbonyl (C=O) groups is 2. The molecule has 3 aliphatic heterocycles. The molecule has 4 aliphatic rings. The molecule has 0 radical (unpaired) electrons. The second-order valence-corrected chi connectivity index (χ2v) is 14.6. The number of hydrogen-bond donors (Lipinski definition) is 0. The molecule has 1 aromatic carbocycles. The van der Waals surface area contributed by atoms with Gasteiger partial charge in [0, 0.05) is 63.9 Å². The van der Waals surface area contributed by atoms with E-state index in [1.807, 2.05) is 39.8 Å². The highest BCUT2D eigenvalue weighted by molar-refractivity contribution is 9.10. The van der Waals surface area contributed by atoms with Crippen LogP contribution in [0.2, 0.25) is 5.02 Å². The van der Waals surface area contributed by atoms with Crippen LogP contribution in [-0.2, 0) is 16.0 Å². The van der Waals surface area contributed by atoms with Crippen LogP contribution in [0.25, 0.3) is 21.9 Å². The SMILES string of the molecule is CN(C)C(=O)CCc1nc2c(N3CC(N(C)C)C3)nc3c(F)c(Br)c(Cl)cc3c2n1C1C2CC1N(C(=O)OC(C)(C)C)C2. The Kier molecular flexibility index (Phi) is 7.57. The maximum atomic E-state index is 15.9. The molecule has 0 spiro atoms. The molecular formula is C30H38BrClFN7O3. The maximum Gasteiger partial charge on any atom is 0.410 e. The van der Waals surface area contributed by atoms with Crippen LogP contribution >= 0.6 is 27.5 Å². The van der Waals surface area contributed by atoms with Crippen LogP contribution < -0.4 is 4.90 Å². The maximum absolute atomic E-state index is 15.9. The van der Waals surface area contributed by atoms with Crippen molar-refractivity contribution in [3.8, 4) is 0 Å². The van der Waals surface area contributed by atoms with Crippen molar-refractivity contribution in [2.75, 3.05) is 52.7 Å². The van der Waals surface area contributed by atoms with E-state index in [4.69, 9.17) is 26.3 Å². The molecular weight excluding hydrogens is 641 g/mol. The van der Waals surface area contributed by atoms with Gasteiger partial charge in [-0.15, -0.1) is 0 Å². The van der Waals surface area contributed by atoms with Crippen molar-refractivity contribution in [2.24, 2.45) is 5.92 Å². The van der Waals surface area contributed by atoms with E-state index in [1.54, 1.807) is 25.1 Å². The molecule has 3 unspecified atom stereocenters. The van der Waals surface area contributed by atoms with Crippen LogP contribution in [-0.4, -0.2) is 107 Å². The minimum Gasteiger partial charge on any atom is -0.444 e. The Morgan fingerprint density at radius 2 is 1.84 bits per heavy atom. The zero-order valence-electron chi connectivity index (χ0n) is 25.6. The van der Waals surface area contributed by atoms with Crippen LogP contribution in [0.15, 0.2) is 10.5 Å². The van der Waals surface area contributed by atoms with Gasteiger partial charge in [-0.1, -0.05) is 11.6 Å². The van der Waals surface area contributed by atoms with E-state index in [9.17, 15) is 9.59 Å². The summed E-state index contributed by atoms with van der Waals surface area (Å²) in [7, 11) is 7.56. The Morgan fingerprint density at radius 1 is 1.14 bits per heavy atom. The highest BCUT2D eigenvalue weighted by atomic mass is 79.9. The number of halogens is 3. The van der Waals surface area contributed by atoms with Gasteiger partial charge in [0.1, 0.15) is 22.5 Å². The van der Waals surface area contributed by atoms with Gasteiger partial charge < -0.3 is 28.9 Å². The first-order valence-corrected chi connectivity index (χ1v) is 15.8. The predicted molar refractivity (Wildman–Crippen MR) is 168 cm³/mol. The monoisotopic (exact) mass is 677 g/mol. The number of pyridine rings is 1. The summed E-state index contributed by atoms with van der Waals surface area (Å²) in [4.78, 5) is 43.6. The summed E-state index contributed by atoms with van der Waals surface area (Å²) < 4.78 is 23.9. The molecule has 2 aromatic heterocycles. The topological polar surface area (TPSA) is 87.0 Å². The zero-order chi connectivity index (χ0) is 31.1. The number of hydrogen-bond acceptors (Lipinski definition) is 7. The van der Waals surface area contributed by atoms with Crippen molar-refractivity contribution >= 4 is 67.3 Å². The molecule has 232 valence electrons. The molecule has 1 saturated carbocycles. The van der Waals surface area contributed by atoms with Gasteiger partial charge in [0.15, 0.2) is 11.6 Å². The molecule has 7 rings (SSSR count). The number of carbonyl (C=O) groups excluding carboxylic acids is 2. The molecule has 43 heavy (non-hydrogen) atoms. The minimum atomic E-state index is -0.612. The number of aromatic nitrogens is 3. The van der Waals surface area contributed by atoms with Crippen LogP contribution in [0.5, 0.6) is 0 Å². The van der Waals surface area contributed by atoms with Crippen molar-refractivity contribution in [2.45, 2.75) is 63.8 Å². The smallest absolute Gasteiger partial charge is 0.410 e. The van der Waals surface area contributed by atoms with Crippen LogP contribution in [0.3, 0.4) is 0 Å². The number of benzene rings is 1. The average Bonchev–Trinajstić information content (AvgIpc) is 3.57. The molecule has 10 nitrogen and oxygen atoms in total. The number of imidazole rings is 1. The third kappa shape index (κ3) is 5.12. The molecule has 3 atom stereocenters. The van der Waals surface area contributed by atoms with Crippen molar-refractivity contribution in [3.05, 3.63) is 27.2 Å². The lowest BCUT2D eigenvalue weighted by Crippen LogP contribution is -2.57. The van der Waals surface area contributed by atoms with Crippen molar-refractivity contribution < 1.29 is 18.7 Å². The van der Waals surface area contributed by atoms with E-state index < -0.39 is 11.4 Å². The van der Waals surface area contributed by atoms with Gasteiger partial charge in [-0.3, -0.25) is 4.79 Å². The van der Waals surface area contributed by atoms with Gasteiger partial charge in [-0.25, -0.2) is 19.2 Å². The first-order chi connectivity index (χ1) is 20.2. The standard InChI is InChI=1S/C30H38BrClFN7O3/c1-30(2,3)43-29(42)39-12-15-10-19(39)26(15)40-20(8-9-21(41)37(6)7)34-25-27(40)17-11-18(32)22(31)23(33)24(17)35-28(25)38-13-16(14-38)36(4)5/h11,15-16,19,26H,8-10,12-14H2,1-7H3. The first kappa shape index (κ1) is 30.3. The van der Waals surface area contributed by atoms with Gasteiger partial charge in [0.05, 0.1) is 27.1 Å². The van der Waals surface area contributed by atoms with Crippen molar-refractivity contribution in [3.63, 3.8) is 0 Å². The number of ether oxygens (including phenoxy) is 1. The van der Waals surface area contributed by atoms with Gasteiger partial charge in [-0.2, -0.15) is 0 Å². The van der Waals surface area contributed by atoms with Crippen molar-refractivity contribution in [1.82, 2.24) is 29.2 Å². The van der Waals surface area contributed by atoms with Crippen LogP contribution in [0.1, 0.15) is 45.5 Å². The molecule has 2 amide bonds. The van der Waals surface area contributed by atoms with Crippen LogP contribution in [0, 0.1) is 11.7 Å². The third-order valence-electron chi connectivity index (χ3n) is 8.94. The summed E-state index contributed by atoms with van der Waals surface area (Å²) in [5.74, 6) is 0.962. The second-order valence-electron chi connectivity index (χ2n) is 13.4. The van der Waals surface area contributed by atoms with E-state index in [2.05, 4.69) is 30.3 Å². The summed E-state index contributed by atoms with van der Waals surface area (Å²) >= 11 is 9.83. The highest BCUT2D eigenvalue weighted by Gasteiger charge is 2.56. The fraction of sp³-hybridized carbons (Fsp3) is 0.600. The minimum absolute atomic E-state index is 0.0108. The summed E-state index contributed by atoms with van der Waals surface area (Å²) in [6, 6.07) is 1.88. The lowest BCUT2D eigenvalue weighted by molar-refractivity contribution is -0.128. The average molecular weight is 679 g/mol. The van der Waals surface area contributed by atoms with Gasteiger partial charge in [0.25, 0.3) is 0 Å². The van der Waals surface area contributed by atoms with Gasteiger partial charge >= 0.3 is 6.09 Å². The second kappa shape index (κ2) is 10.7. The normalized spacial score (nSPS) is 22.0. The molecule has 4 fully saturated rings. The number of nitrogens with zero attached hydrogens (tertiary/aromatic N) is 7. The highest BCUT2D eigenvalue weighted by Crippen LogP contribution is 2.52. The number of rotatable bonds is 6.